The zero-order valence-electron chi connectivity index (χ0n) is 16.3. The molecule has 0 spiro atoms. The summed E-state index contributed by atoms with van der Waals surface area (Å²) in [6.45, 7) is -0.255. The lowest BCUT2D eigenvalue weighted by Gasteiger charge is -2.29. The average Bonchev–Trinajstić information content (AvgIpc) is 3.21. The number of benzene rings is 3. The van der Waals surface area contributed by atoms with E-state index in [2.05, 4.69) is 15.3 Å². The summed E-state index contributed by atoms with van der Waals surface area (Å²) >= 11 is 6.05. The van der Waals surface area contributed by atoms with Gasteiger partial charge in [-0.05, 0) is 54.6 Å². The molecule has 4 aromatic rings. The number of nitrogens with zero attached hydrogens (tertiary/aromatic N) is 2. The zero-order chi connectivity index (χ0) is 21.4. The highest BCUT2D eigenvalue weighted by atomic mass is 35.5. The molecular weight excluding hydrogens is 416 g/mol. The normalized spacial score (nSPS) is 13.1. The van der Waals surface area contributed by atoms with Crippen LogP contribution in [-0.2, 0) is 9.59 Å². The van der Waals surface area contributed by atoms with E-state index in [0.717, 1.165) is 22.4 Å². The number of hydrogen-bond donors (Lipinski definition) is 2. The molecule has 0 radical (unpaired) electrons. The Balaban J connectivity index is 1.30. The van der Waals surface area contributed by atoms with Crippen molar-refractivity contribution in [2.75, 3.05) is 23.4 Å². The summed E-state index contributed by atoms with van der Waals surface area (Å²) in [4.78, 5) is 34.1. The Labute approximate surface area is 182 Å². The molecule has 8 heteroatoms. The number of hydrogen-bond acceptors (Lipinski definition) is 4. The van der Waals surface area contributed by atoms with Crippen LogP contribution in [0, 0.1) is 0 Å². The molecule has 2 amide bonds. The smallest absolute Gasteiger partial charge is 0.265 e. The van der Waals surface area contributed by atoms with E-state index in [1.54, 1.807) is 30.3 Å². The number of imidazole rings is 1. The standard InChI is InChI=1S/C23H17ClN4O3/c24-15-7-10-20-19(11-15)28(22(30)13-31-20)12-21(29)25-16-8-5-14(6-9-16)23-26-17-3-1-2-4-18(17)27-23/h1-11H,12-13H2,(H,25,29)(H,26,27). The average molecular weight is 433 g/mol. The third kappa shape index (κ3) is 3.83. The van der Waals surface area contributed by atoms with Gasteiger partial charge in [0.25, 0.3) is 5.91 Å². The van der Waals surface area contributed by atoms with Gasteiger partial charge in [-0.3, -0.25) is 14.5 Å². The lowest BCUT2D eigenvalue weighted by atomic mass is 10.2. The van der Waals surface area contributed by atoms with Crippen LogP contribution in [0.25, 0.3) is 22.4 Å². The number of carbonyl (C=O) groups excluding carboxylic acids is 2. The van der Waals surface area contributed by atoms with Crippen molar-refractivity contribution in [2.24, 2.45) is 0 Å². The van der Waals surface area contributed by atoms with Gasteiger partial charge in [0.05, 0.1) is 16.7 Å². The number of ether oxygens (including phenoxy) is 1. The summed E-state index contributed by atoms with van der Waals surface area (Å²) in [7, 11) is 0. The third-order valence-electron chi connectivity index (χ3n) is 5.00. The summed E-state index contributed by atoms with van der Waals surface area (Å²) in [5.74, 6) is 0.654. The number of aromatic nitrogens is 2. The van der Waals surface area contributed by atoms with Crippen LogP contribution in [0.5, 0.6) is 5.75 Å². The van der Waals surface area contributed by atoms with Crippen molar-refractivity contribution in [3.8, 4) is 17.1 Å². The lowest BCUT2D eigenvalue weighted by Crippen LogP contribution is -2.43. The van der Waals surface area contributed by atoms with Crippen LogP contribution in [0.3, 0.4) is 0 Å². The van der Waals surface area contributed by atoms with Gasteiger partial charge in [0, 0.05) is 16.3 Å². The molecule has 0 saturated carbocycles. The second-order valence-electron chi connectivity index (χ2n) is 7.11. The van der Waals surface area contributed by atoms with Crippen LogP contribution >= 0.6 is 11.6 Å². The number of rotatable bonds is 4. The minimum absolute atomic E-state index is 0.117. The highest BCUT2D eigenvalue weighted by molar-refractivity contribution is 6.31. The molecule has 2 heterocycles. The van der Waals surface area contributed by atoms with Gasteiger partial charge in [0.1, 0.15) is 18.1 Å². The van der Waals surface area contributed by atoms with Gasteiger partial charge in [-0.25, -0.2) is 4.98 Å². The first-order valence-corrected chi connectivity index (χ1v) is 10.0. The number of anilines is 2. The predicted molar refractivity (Wildman–Crippen MR) is 119 cm³/mol. The van der Waals surface area contributed by atoms with E-state index in [-0.39, 0.29) is 25.0 Å². The molecule has 3 aromatic carbocycles. The van der Waals surface area contributed by atoms with Gasteiger partial charge in [0.2, 0.25) is 5.91 Å². The fourth-order valence-electron chi connectivity index (χ4n) is 3.49. The number of H-pyrrole nitrogens is 1. The van der Waals surface area contributed by atoms with Crippen LogP contribution in [-0.4, -0.2) is 34.9 Å². The van der Waals surface area contributed by atoms with Gasteiger partial charge in [-0.1, -0.05) is 23.7 Å². The van der Waals surface area contributed by atoms with Gasteiger partial charge >= 0.3 is 0 Å². The number of amides is 2. The summed E-state index contributed by atoms with van der Waals surface area (Å²) in [6, 6.07) is 20.1. The first-order valence-electron chi connectivity index (χ1n) is 9.64. The van der Waals surface area contributed by atoms with Crippen molar-refractivity contribution in [3.63, 3.8) is 0 Å². The zero-order valence-corrected chi connectivity index (χ0v) is 17.0. The largest absolute Gasteiger partial charge is 0.482 e. The summed E-state index contributed by atoms with van der Waals surface area (Å²) in [6.07, 6.45) is 0. The highest BCUT2D eigenvalue weighted by Gasteiger charge is 2.27. The van der Waals surface area contributed by atoms with Crippen molar-refractivity contribution < 1.29 is 14.3 Å². The van der Waals surface area contributed by atoms with Crippen molar-refractivity contribution >= 4 is 45.8 Å². The Morgan fingerprint density at radius 2 is 1.94 bits per heavy atom. The molecule has 1 aromatic heterocycles. The topological polar surface area (TPSA) is 87.3 Å². The van der Waals surface area contributed by atoms with Crippen LogP contribution in [0.1, 0.15) is 0 Å². The van der Waals surface area contributed by atoms with E-state index < -0.39 is 0 Å². The molecule has 31 heavy (non-hydrogen) atoms. The number of aromatic amines is 1. The fourth-order valence-corrected chi connectivity index (χ4v) is 3.66. The first-order chi connectivity index (χ1) is 15.1. The van der Waals surface area contributed by atoms with Crippen LogP contribution in [0.15, 0.2) is 66.7 Å². The maximum atomic E-state index is 12.6. The number of para-hydroxylation sites is 2. The molecule has 0 saturated heterocycles. The second kappa shape index (κ2) is 7.77. The SMILES string of the molecule is O=C(CN1C(=O)COc2ccc(Cl)cc21)Nc1ccc(-c2nc3ccccc3[nH]2)cc1. The number of fused-ring (bicyclic) bond motifs is 2. The molecule has 5 rings (SSSR count). The van der Waals surface area contributed by atoms with Crippen molar-refractivity contribution in [1.82, 2.24) is 9.97 Å². The van der Waals surface area contributed by atoms with E-state index in [4.69, 9.17) is 16.3 Å². The maximum absolute atomic E-state index is 12.6. The molecule has 0 unspecified atom stereocenters. The van der Waals surface area contributed by atoms with E-state index in [0.29, 0.717) is 22.1 Å². The van der Waals surface area contributed by atoms with E-state index >= 15 is 0 Å². The summed E-state index contributed by atoms with van der Waals surface area (Å²) in [5.41, 5.74) is 3.87. The Kier molecular flexibility index (Phi) is 4.80. The predicted octanol–water partition coefficient (Wildman–Crippen LogP) is 4.25. The van der Waals surface area contributed by atoms with E-state index in [1.165, 1.54) is 4.90 Å². The van der Waals surface area contributed by atoms with Crippen LogP contribution in [0.4, 0.5) is 11.4 Å². The summed E-state index contributed by atoms with van der Waals surface area (Å²) in [5, 5.41) is 3.28. The van der Waals surface area contributed by atoms with E-state index in [1.807, 2.05) is 36.4 Å². The van der Waals surface area contributed by atoms with Crippen LogP contribution in [0.2, 0.25) is 5.02 Å². The summed E-state index contributed by atoms with van der Waals surface area (Å²) < 4.78 is 5.41. The molecule has 154 valence electrons. The molecule has 0 bridgehead atoms. The molecule has 0 aliphatic carbocycles. The maximum Gasteiger partial charge on any atom is 0.265 e. The quantitative estimate of drug-likeness (QED) is 0.504. The number of halogens is 1. The van der Waals surface area contributed by atoms with Gasteiger partial charge in [-0.15, -0.1) is 0 Å². The Hall–Kier alpha value is -3.84. The van der Waals surface area contributed by atoms with Crippen LogP contribution < -0.4 is 15.0 Å². The third-order valence-corrected chi connectivity index (χ3v) is 5.23. The number of nitrogens with one attached hydrogen (secondary N) is 2. The van der Waals surface area contributed by atoms with E-state index in [9.17, 15) is 9.59 Å². The molecule has 0 atom stereocenters. The molecule has 0 fully saturated rings. The molecule has 1 aliphatic rings. The van der Waals surface area contributed by atoms with Crippen molar-refractivity contribution in [3.05, 3.63) is 71.8 Å². The number of carbonyl (C=O) groups is 2. The highest BCUT2D eigenvalue weighted by Crippen LogP contribution is 2.34. The van der Waals surface area contributed by atoms with Crippen molar-refractivity contribution in [1.29, 1.82) is 0 Å². The first kappa shape index (κ1) is 19.1. The molecule has 7 nitrogen and oxygen atoms in total. The second-order valence-corrected chi connectivity index (χ2v) is 7.55. The fraction of sp³-hybridized carbons (Fsp3) is 0.0870. The molecule has 1 aliphatic heterocycles. The Morgan fingerprint density at radius 3 is 2.74 bits per heavy atom. The lowest BCUT2D eigenvalue weighted by molar-refractivity contribution is -0.123. The van der Waals surface area contributed by atoms with Gasteiger partial charge in [0.15, 0.2) is 6.61 Å². The van der Waals surface area contributed by atoms with Gasteiger partial charge < -0.3 is 15.0 Å². The monoisotopic (exact) mass is 432 g/mol. The Morgan fingerprint density at radius 1 is 1.13 bits per heavy atom. The molecular formula is C23H17ClN4O3. The minimum atomic E-state index is -0.322. The minimum Gasteiger partial charge on any atom is -0.482 e. The van der Waals surface area contributed by atoms with Gasteiger partial charge in [-0.2, -0.15) is 0 Å². The Bertz CT molecular complexity index is 1270. The van der Waals surface area contributed by atoms with Crippen molar-refractivity contribution in [2.45, 2.75) is 0 Å². The molecule has 2 N–H and O–H groups in total.